The summed E-state index contributed by atoms with van der Waals surface area (Å²) in [6, 6.07) is 5.87. The first-order valence-corrected chi connectivity index (χ1v) is 8.29. The lowest BCUT2D eigenvalue weighted by atomic mass is 9.76. The van der Waals surface area contributed by atoms with E-state index in [4.69, 9.17) is 5.73 Å². The zero-order valence-corrected chi connectivity index (χ0v) is 15.1. The molecule has 4 heteroatoms. The van der Waals surface area contributed by atoms with Gasteiger partial charge < -0.3 is 11.1 Å². The van der Waals surface area contributed by atoms with E-state index < -0.39 is 0 Å². The molecule has 0 saturated heterocycles. The van der Waals surface area contributed by atoms with Crippen molar-refractivity contribution in [2.45, 2.75) is 47.0 Å². The Morgan fingerprint density at radius 1 is 1.33 bits per heavy atom. The molecule has 1 atom stereocenters. The molecule has 0 aliphatic carbocycles. The monoisotopic (exact) mass is 354 g/mol. The molecule has 1 aromatic rings. The van der Waals surface area contributed by atoms with E-state index in [-0.39, 0.29) is 11.3 Å². The second-order valence-electron chi connectivity index (χ2n) is 6.69. The molecule has 3 nitrogen and oxygen atoms in total. The first kappa shape index (κ1) is 18.2. The Hall–Kier alpha value is -0.870. The molecule has 118 valence electrons. The number of nitrogens with one attached hydrogen (secondary N) is 1. The van der Waals surface area contributed by atoms with Crippen molar-refractivity contribution < 1.29 is 4.79 Å². The molecule has 0 radical (unpaired) electrons. The summed E-state index contributed by atoms with van der Waals surface area (Å²) in [5, 5.41) is 3.00. The minimum absolute atomic E-state index is 0.0756. The highest BCUT2D eigenvalue weighted by molar-refractivity contribution is 9.10. The Morgan fingerprint density at radius 3 is 2.52 bits per heavy atom. The van der Waals surface area contributed by atoms with Crippen LogP contribution in [0.25, 0.3) is 0 Å². The SMILES string of the molecule is Cc1cc(Br)ccc1NC(=O)CCC(CCN)C(C)(C)C. The number of rotatable bonds is 6. The number of aryl methyl sites for hydroxylation is 1. The van der Waals surface area contributed by atoms with Crippen molar-refractivity contribution in [1.82, 2.24) is 0 Å². The van der Waals surface area contributed by atoms with E-state index in [0.29, 0.717) is 18.9 Å². The van der Waals surface area contributed by atoms with Gasteiger partial charge in [0.05, 0.1) is 0 Å². The highest BCUT2D eigenvalue weighted by Gasteiger charge is 2.24. The summed E-state index contributed by atoms with van der Waals surface area (Å²) in [7, 11) is 0. The molecular weight excluding hydrogens is 328 g/mol. The van der Waals surface area contributed by atoms with Crippen LogP contribution in [0.2, 0.25) is 0 Å². The molecule has 0 aliphatic rings. The minimum Gasteiger partial charge on any atom is -0.330 e. The first-order valence-electron chi connectivity index (χ1n) is 7.50. The quantitative estimate of drug-likeness (QED) is 0.790. The van der Waals surface area contributed by atoms with Crippen LogP contribution in [0, 0.1) is 18.3 Å². The Bertz CT molecular complexity index is 480. The summed E-state index contributed by atoms with van der Waals surface area (Å²) in [4.78, 5) is 12.1. The van der Waals surface area contributed by atoms with Crippen LogP contribution in [0.3, 0.4) is 0 Å². The summed E-state index contributed by atoms with van der Waals surface area (Å²) in [5.41, 5.74) is 7.82. The fraction of sp³-hybridized carbons (Fsp3) is 0.588. The summed E-state index contributed by atoms with van der Waals surface area (Å²) in [6.45, 7) is 9.31. The summed E-state index contributed by atoms with van der Waals surface area (Å²) in [6.07, 6.45) is 2.38. The van der Waals surface area contributed by atoms with Gasteiger partial charge in [-0.25, -0.2) is 0 Å². The highest BCUT2D eigenvalue weighted by atomic mass is 79.9. The standard InChI is InChI=1S/C17H27BrN2O/c1-12-11-14(18)6-7-15(12)20-16(21)8-5-13(9-10-19)17(2,3)4/h6-7,11,13H,5,8-10,19H2,1-4H3,(H,20,21). The van der Waals surface area contributed by atoms with E-state index in [1.165, 1.54) is 0 Å². The minimum atomic E-state index is 0.0756. The smallest absolute Gasteiger partial charge is 0.224 e. The predicted octanol–water partition coefficient (Wildman–Crippen LogP) is 4.49. The Labute approximate surface area is 136 Å². The van der Waals surface area contributed by atoms with Crippen LogP contribution in [0.15, 0.2) is 22.7 Å². The van der Waals surface area contributed by atoms with Crippen LogP contribution in [0.4, 0.5) is 5.69 Å². The molecule has 0 heterocycles. The normalized spacial score (nSPS) is 13.0. The van der Waals surface area contributed by atoms with Gasteiger partial charge in [0.1, 0.15) is 0 Å². The van der Waals surface area contributed by atoms with E-state index in [2.05, 4.69) is 42.0 Å². The third-order valence-electron chi connectivity index (χ3n) is 3.92. The van der Waals surface area contributed by atoms with Gasteiger partial charge in [-0.2, -0.15) is 0 Å². The average Bonchev–Trinajstić information content (AvgIpc) is 2.36. The van der Waals surface area contributed by atoms with Gasteiger partial charge in [0.15, 0.2) is 0 Å². The second kappa shape index (κ2) is 7.95. The third kappa shape index (κ3) is 6.18. The molecule has 0 aliphatic heterocycles. The molecule has 1 aromatic carbocycles. The van der Waals surface area contributed by atoms with E-state index >= 15 is 0 Å². The van der Waals surface area contributed by atoms with E-state index in [1.54, 1.807) is 0 Å². The van der Waals surface area contributed by atoms with Gasteiger partial charge in [0.25, 0.3) is 0 Å². The number of nitrogens with two attached hydrogens (primary N) is 1. The maximum Gasteiger partial charge on any atom is 0.224 e. The van der Waals surface area contributed by atoms with Crippen LogP contribution < -0.4 is 11.1 Å². The second-order valence-corrected chi connectivity index (χ2v) is 7.60. The zero-order chi connectivity index (χ0) is 16.0. The van der Waals surface area contributed by atoms with Crippen LogP contribution in [-0.2, 0) is 4.79 Å². The third-order valence-corrected chi connectivity index (χ3v) is 4.42. The van der Waals surface area contributed by atoms with Crippen LogP contribution in [-0.4, -0.2) is 12.5 Å². The van der Waals surface area contributed by atoms with Crippen molar-refractivity contribution in [1.29, 1.82) is 0 Å². The summed E-state index contributed by atoms with van der Waals surface area (Å²) >= 11 is 3.43. The molecule has 0 spiro atoms. The molecule has 1 rings (SSSR count). The van der Waals surface area contributed by atoms with Gasteiger partial charge in [-0.1, -0.05) is 36.7 Å². The number of anilines is 1. The van der Waals surface area contributed by atoms with Gasteiger partial charge >= 0.3 is 0 Å². The van der Waals surface area contributed by atoms with Crippen LogP contribution in [0.1, 0.15) is 45.6 Å². The van der Waals surface area contributed by atoms with Gasteiger partial charge in [0.2, 0.25) is 5.91 Å². The fourth-order valence-electron chi connectivity index (χ4n) is 2.50. The lowest BCUT2D eigenvalue weighted by molar-refractivity contribution is -0.116. The number of carbonyl (C=O) groups is 1. The van der Waals surface area contributed by atoms with Gasteiger partial charge in [-0.15, -0.1) is 0 Å². The van der Waals surface area contributed by atoms with Crippen LogP contribution >= 0.6 is 15.9 Å². The van der Waals surface area contributed by atoms with Gasteiger partial charge in [-0.3, -0.25) is 4.79 Å². The van der Waals surface area contributed by atoms with E-state index in [0.717, 1.165) is 28.6 Å². The van der Waals surface area contributed by atoms with E-state index in [1.807, 2.05) is 25.1 Å². The van der Waals surface area contributed by atoms with Crippen LogP contribution in [0.5, 0.6) is 0 Å². The molecule has 1 unspecified atom stereocenters. The molecular formula is C17H27BrN2O. The van der Waals surface area contributed by atoms with Gasteiger partial charge in [-0.05, 0) is 61.4 Å². The number of amides is 1. The van der Waals surface area contributed by atoms with Crippen molar-refractivity contribution in [3.63, 3.8) is 0 Å². The largest absolute Gasteiger partial charge is 0.330 e. The van der Waals surface area contributed by atoms with Crippen molar-refractivity contribution in [2.75, 3.05) is 11.9 Å². The van der Waals surface area contributed by atoms with E-state index in [9.17, 15) is 4.79 Å². The Kier molecular flexibility index (Phi) is 6.88. The molecule has 0 aromatic heterocycles. The number of halogens is 1. The lowest BCUT2D eigenvalue weighted by Crippen LogP contribution is -2.25. The number of hydrogen-bond donors (Lipinski definition) is 2. The summed E-state index contributed by atoms with van der Waals surface area (Å²) in [5.74, 6) is 0.547. The number of carbonyl (C=O) groups excluding carboxylic acids is 1. The highest BCUT2D eigenvalue weighted by Crippen LogP contribution is 2.32. The first-order chi connectivity index (χ1) is 9.74. The average molecular weight is 355 g/mol. The van der Waals surface area contributed by atoms with Crippen molar-refractivity contribution in [3.8, 4) is 0 Å². The predicted molar refractivity (Wildman–Crippen MR) is 93.4 cm³/mol. The Morgan fingerprint density at radius 2 is 2.00 bits per heavy atom. The van der Waals surface area contributed by atoms with Crippen molar-refractivity contribution in [3.05, 3.63) is 28.2 Å². The molecule has 1 amide bonds. The maximum atomic E-state index is 12.1. The maximum absolute atomic E-state index is 12.1. The fourth-order valence-corrected chi connectivity index (χ4v) is 2.97. The number of hydrogen-bond acceptors (Lipinski definition) is 2. The lowest BCUT2D eigenvalue weighted by Gasteiger charge is -2.30. The summed E-state index contributed by atoms with van der Waals surface area (Å²) < 4.78 is 1.02. The van der Waals surface area contributed by atoms with Crippen molar-refractivity contribution in [2.24, 2.45) is 17.1 Å². The number of benzene rings is 1. The molecule has 21 heavy (non-hydrogen) atoms. The molecule has 0 bridgehead atoms. The zero-order valence-electron chi connectivity index (χ0n) is 13.5. The topological polar surface area (TPSA) is 55.1 Å². The molecule has 0 saturated carbocycles. The Balaban J connectivity index is 2.57. The van der Waals surface area contributed by atoms with Gasteiger partial charge in [0, 0.05) is 16.6 Å². The molecule has 3 N–H and O–H groups in total. The molecule has 0 fully saturated rings. The van der Waals surface area contributed by atoms with Crippen molar-refractivity contribution >= 4 is 27.5 Å².